The topological polar surface area (TPSA) is 47.7 Å². The summed E-state index contributed by atoms with van der Waals surface area (Å²) in [5, 5.41) is 9.11. The molecule has 1 fully saturated rings. The van der Waals surface area contributed by atoms with E-state index in [1.807, 2.05) is 16.8 Å². The third kappa shape index (κ3) is 3.51. The Kier molecular flexibility index (Phi) is 5.15. The van der Waals surface area contributed by atoms with Crippen LogP contribution in [0.5, 0.6) is 0 Å². The normalized spacial score (nSPS) is 19.3. The zero-order valence-corrected chi connectivity index (χ0v) is 16.6. The van der Waals surface area contributed by atoms with Crippen molar-refractivity contribution in [1.29, 1.82) is 0 Å². The second-order valence-corrected chi connectivity index (χ2v) is 8.48. The van der Waals surface area contributed by atoms with E-state index >= 15 is 0 Å². The van der Waals surface area contributed by atoms with Gasteiger partial charge >= 0.3 is 0 Å². The highest BCUT2D eigenvalue weighted by Crippen LogP contribution is 2.28. The van der Waals surface area contributed by atoms with Crippen molar-refractivity contribution in [3.05, 3.63) is 36.9 Å². The molecule has 1 aliphatic heterocycles. The lowest BCUT2D eigenvalue weighted by Gasteiger charge is -2.15. The highest BCUT2D eigenvalue weighted by molar-refractivity contribution is 14.2. The van der Waals surface area contributed by atoms with Gasteiger partial charge in [-0.25, -0.2) is 4.45 Å². The predicted octanol–water partition coefficient (Wildman–Crippen LogP) is 4.08. The minimum absolute atomic E-state index is 0.621. The molecule has 0 amide bonds. The van der Waals surface area contributed by atoms with Crippen molar-refractivity contribution in [2.45, 2.75) is 25.8 Å². The summed E-state index contributed by atoms with van der Waals surface area (Å²) >= 11 is 2.33. The number of pyridine rings is 1. The maximum Gasteiger partial charge on any atom is 0.0741 e. The van der Waals surface area contributed by atoms with E-state index in [4.69, 9.17) is 0 Å². The molecule has 2 unspecified atom stereocenters. The number of nitrogens with one attached hydrogen (secondary N) is 1. The molecule has 4 rings (SSSR count). The van der Waals surface area contributed by atoms with Crippen LogP contribution in [0.2, 0.25) is 0 Å². The third-order valence-electron chi connectivity index (χ3n) is 4.77. The SMILES string of the molecule is IPn1cc(-c2cc3ccn(CC4CCCNCC4)c3cn2)cn1. The van der Waals surface area contributed by atoms with E-state index in [0.717, 1.165) is 30.3 Å². The number of halogens is 1. The number of nitrogens with zero attached hydrogens (tertiary/aromatic N) is 4. The van der Waals surface area contributed by atoms with Gasteiger partial charge in [-0.05, 0) is 72.4 Å². The Morgan fingerprint density at radius 2 is 2.25 bits per heavy atom. The fourth-order valence-corrected chi connectivity index (χ4v) is 4.54. The van der Waals surface area contributed by atoms with Gasteiger partial charge in [0, 0.05) is 29.9 Å². The van der Waals surface area contributed by atoms with Crippen molar-refractivity contribution >= 4 is 39.3 Å². The first-order valence-corrected chi connectivity index (χ1v) is 12.5. The highest BCUT2D eigenvalue weighted by Gasteiger charge is 2.14. The Morgan fingerprint density at radius 1 is 1.29 bits per heavy atom. The van der Waals surface area contributed by atoms with Gasteiger partial charge in [0.1, 0.15) is 0 Å². The fourth-order valence-electron chi connectivity index (χ4n) is 3.46. The van der Waals surface area contributed by atoms with Crippen LogP contribution in [0.3, 0.4) is 0 Å². The van der Waals surface area contributed by atoms with Gasteiger partial charge in [0.05, 0.1) is 30.0 Å². The molecule has 0 radical (unpaired) electrons. The van der Waals surface area contributed by atoms with E-state index < -0.39 is 0 Å². The molecule has 0 spiro atoms. The smallest absolute Gasteiger partial charge is 0.0741 e. The van der Waals surface area contributed by atoms with Crippen LogP contribution in [0, 0.1) is 5.92 Å². The molecule has 5 nitrogen and oxygen atoms in total. The summed E-state index contributed by atoms with van der Waals surface area (Å²) in [6.45, 7) is 3.41. The van der Waals surface area contributed by atoms with Crippen LogP contribution >= 0.6 is 28.4 Å². The van der Waals surface area contributed by atoms with E-state index in [0.29, 0.717) is 6.37 Å². The second-order valence-electron chi connectivity index (χ2n) is 6.40. The maximum atomic E-state index is 4.68. The summed E-state index contributed by atoms with van der Waals surface area (Å²) < 4.78 is 4.32. The largest absolute Gasteiger partial charge is 0.346 e. The molecule has 4 heterocycles. The first-order chi connectivity index (χ1) is 11.8. The standard InChI is InChI=1S/C17H21IN5P/c18-24-23-12-15(9-21-23)16-8-14-4-7-22(17(14)10-20-16)11-13-2-1-5-19-6-3-13/h4,7-10,12-13,19,24H,1-3,5-6,11H2. The van der Waals surface area contributed by atoms with Crippen LogP contribution in [0.4, 0.5) is 0 Å². The highest BCUT2D eigenvalue weighted by atomic mass is 127. The zero-order chi connectivity index (χ0) is 16.4. The Hall–Kier alpha value is -0.980. The monoisotopic (exact) mass is 453 g/mol. The van der Waals surface area contributed by atoms with Crippen molar-refractivity contribution in [2.24, 2.45) is 5.92 Å². The molecule has 3 aromatic rings. The van der Waals surface area contributed by atoms with Crippen molar-refractivity contribution < 1.29 is 0 Å². The zero-order valence-electron chi connectivity index (χ0n) is 13.5. The molecule has 1 saturated heterocycles. The first-order valence-electron chi connectivity index (χ1n) is 8.41. The van der Waals surface area contributed by atoms with E-state index in [9.17, 15) is 0 Å². The van der Waals surface area contributed by atoms with Gasteiger partial charge < -0.3 is 9.88 Å². The molecule has 24 heavy (non-hydrogen) atoms. The minimum Gasteiger partial charge on any atom is -0.346 e. The summed E-state index contributed by atoms with van der Waals surface area (Å²) in [6.07, 6.45) is 12.7. The lowest BCUT2D eigenvalue weighted by molar-refractivity contribution is 0.410. The van der Waals surface area contributed by atoms with Crippen LogP contribution in [-0.4, -0.2) is 32.2 Å². The molecule has 1 N–H and O–H groups in total. The van der Waals surface area contributed by atoms with Gasteiger partial charge in [-0.2, -0.15) is 5.10 Å². The number of fused-ring (bicyclic) bond motifs is 1. The number of hydrogen-bond acceptors (Lipinski definition) is 3. The first kappa shape index (κ1) is 16.5. The lowest BCUT2D eigenvalue weighted by Crippen LogP contribution is -2.15. The molecule has 7 heteroatoms. The van der Waals surface area contributed by atoms with Crippen molar-refractivity contribution in [2.75, 3.05) is 13.1 Å². The van der Waals surface area contributed by atoms with Gasteiger partial charge in [0.15, 0.2) is 0 Å². The molecule has 0 aromatic carbocycles. The maximum absolute atomic E-state index is 4.68. The molecule has 1 aliphatic rings. The van der Waals surface area contributed by atoms with Gasteiger partial charge in [-0.15, -0.1) is 0 Å². The van der Waals surface area contributed by atoms with Crippen molar-refractivity contribution in [3.8, 4) is 11.3 Å². The summed E-state index contributed by atoms with van der Waals surface area (Å²) in [6, 6.07) is 4.39. The average molecular weight is 453 g/mol. The molecule has 0 aliphatic carbocycles. The van der Waals surface area contributed by atoms with E-state index in [-0.39, 0.29) is 0 Å². The van der Waals surface area contributed by atoms with E-state index in [2.05, 4.69) is 66.5 Å². The van der Waals surface area contributed by atoms with Crippen LogP contribution in [0.15, 0.2) is 36.9 Å². The molecule has 126 valence electrons. The molecular formula is C17H21IN5P. The molecule has 0 bridgehead atoms. The Bertz CT molecular complexity index is 819. The van der Waals surface area contributed by atoms with Gasteiger partial charge in [0.2, 0.25) is 0 Å². The van der Waals surface area contributed by atoms with Crippen molar-refractivity contribution in [1.82, 2.24) is 24.4 Å². The van der Waals surface area contributed by atoms with Gasteiger partial charge in [-0.1, -0.05) is 0 Å². The van der Waals surface area contributed by atoms with Crippen LogP contribution in [-0.2, 0) is 6.54 Å². The number of rotatable bonds is 4. The summed E-state index contributed by atoms with van der Waals surface area (Å²) in [7, 11) is 0. The predicted molar refractivity (Wildman–Crippen MR) is 109 cm³/mol. The van der Waals surface area contributed by atoms with E-state index in [1.165, 1.54) is 36.7 Å². The molecule has 3 aromatic heterocycles. The lowest BCUT2D eigenvalue weighted by atomic mass is 10.0. The fraction of sp³-hybridized carbons (Fsp3) is 0.412. The summed E-state index contributed by atoms with van der Waals surface area (Å²) in [4.78, 5) is 4.68. The Balaban J connectivity index is 1.58. The third-order valence-corrected chi connectivity index (χ3v) is 6.67. The molecule has 2 atom stereocenters. The second kappa shape index (κ2) is 7.50. The minimum atomic E-state index is 0.621. The Labute approximate surface area is 156 Å². The van der Waals surface area contributed by atoms with Crippen LogP contribution in [0.1, 0.15) is 19.3 Å². The van der Waals surface area contributed by atoms with E-state index in [1.54, 1.807) is 0 Å². The average Bonchev–Trinajstić information content (AvgIpc) is 3.16. The summed E-state index contributed by atoms with van der Waals surface area (Å²) in [5.74, 6) is 0.762. The number of aromatic nitrogens is 4. The van der Waals surface area contributed by atoms with Crippen molar-refractivity contribution in [3.63, 3.8) is 0 Å². The van der Waals surface area contributed by atoms with Crippen LogP contribution < -0.4 is 5.32 Å². The number of hydrogen-bond donors (Lipinski definition) is 1. The van der Waals surface area contributed by atoms with Crippen LogP contribution in [0.25, 0.3) is 22.2 Å². The van der Waals surface area contributed by atoms with Gasteiger partial charge in [0.25, 0.3) is 0 Å². The quantitative estimate of drug-likeness (QED) is 0.479. The summed E-state index contributed by atoms with van der Waals surface area (Å²) in [5.41, 5.74) is 3.32. The van der Waals surface area contributed by atoms with Gasteiger partial charge in [-0.3, -0.25) is 4.98 Å². The molecular weight excluding hydrogens is 432 g/mol. The molecule has 0 saturated carbocycles. The Morgan fingerprint density at radius 3 is 3.12 bits per heavy atom.